The van der Waals surface area contributed by atoms with Crippen LogP contribution >= 0.6 is 15.9 Å². The number of hydrogen-bond donors (Lipinski definition) is 1. The molecule has 0 saturated carbocycles. The molecule has 0 bridgehead atoms. The van der Waals surface area contributed by atoms with Crippen molar-refractivity contribution < 1.29 is 13.5 Å². The Morgan fingerprint density at radius 3 is 2.50 bits per heavy atom. The first-order chi connectivity index (χ1) is 8.11. The molecule has 0 aliphatic carbocycles. The van der Waals surface area contributed by atoms with Gasteiger partial charge in [-0.05, 0) is 44.4 Å². The Morgan fingerprint density at radius 1 is 1.33 bits per heavy atom. The van der Waals surface area contributed by atoms with Gasteiger partial charge in [-0.2, -0.15) is 0 Å². The van der Waals surface area contributed by atoms with Crippen molar-refractivity contribution in [1.29, 1.82) is 0 Å². The minimum Gasteiger partial charge on any atom is -0.390 e. The zero-order chi connectivity index (χ0) is 14.0. The van der Waals surface area contributed by atoms with E-state index >= 15 is 0 Å². The molecule has 0 spiro atoms. The second-order valence-electron chi connectivity index (χ2n) is 5.18. The van der Waals surface area contributed by atoms with E-state index in [-0.39, 0.29) is 17.9 Å². The van der Waals surface area contributed by atoms with Crippen LogP contribution in [-0.4, -0.2) is 24.9 Å². The summed E-state index contributed by atoms with van der Waals surface area (Å²) in [7, 11) is -3.19. The lowest BCUT2D eigenvalue weighted by molar-refractivity contribution is 0.0772. The van der Waals surface area contributed by atoms with Gasteiger partial charge in [0.1, 0.15) is 0 Å². The lowest BCUT2D eigenvalue weighted by Crippen LogP contribution is -2.24. The minimum atomic E-state index is -3.19. The fourth-order valence-corrected chi connectivity index (χ4v) is 3.67. The normalized spacial score (nSPS) is 12.7. The van der Waals surface area contributed by atoms with Gasteiger partial charge in [0.05, 0.1) is 17.1 Å². The first-order valence-corrected chi connectivity index (χ1v) is 8.39. The Hall–Kier alpha value is -0.390. The van der Waals surface area contributed by atoms with Crippen molar-refractivity contribution in [2.24, 2.45) is 0 Å². The van der Waals surface area contributed by atoms with E-state index in [9.17, 15) is 13.5 Å². The Bertz CT molecular complexity index is 516. The van der Waals surface area contributed by atoms with E-state index in [1.54, 1.807) is 13.8 Å². The van der Waals surface area contributed by atoms with Crippen molar-refractivity contribution in [3.63, 3.8) is 0 Å². The van der Waals surface area contributed by atoms with E-state index in [4.69, 9.17) is 0 Å². The van der Waals surface area contributed by atoms with Crippen LogP contribution in [0.25, 0.3) is 0 Å². The highest BCUT2D eigenvalue weighted by atomic mass is 79.9. The SMILES string of the molecule is Cc1c(Br)cccc1CS(=O)(=O)CCC(C)(C)O. The molecule has 0 aromatic heterocycles. The predicted molar refractivity (Wildman–Crippen MR) is 77.3 cm³/mol. The summed E-state index contributed by atoms with van der Waals surface area (Å²) in [5.41, 5.74) is 0.809. The minimum absolute atomic E-state index is 0.00243. The van der Waals surface area contributed by atoms with E-state index in [0.717, 1.165) is 15.6 Å². The van der Waals surface area contributed by atoms with Crippen molar-refractivity contribution in [2.45, 2.75) is 38.5 Å². The molecule has 1 N–H and O–H groups in total. The van der Waals surface area contributed by atoms with Gasteiger partial charge in [-0.3, -0.25) is 0 Å². The van der Waals surface area contributed by atoms with Crippen LogP contribution in [0.5, 0.6) is 0 Å². The summed E-state index contributed by atoms with van der Waals surface area (Å²) < 4.78 is 24.9. The van der Waals surface area contributed by atoms with Crippen LogP contribution < -0.4 is 0 Å². The van der Waals surface area contributed by atoms with Crippen LogP contribution in [0.15, 0.2) is 22.7 Å². The highest BCUT2D eigenvalue weighted by molar-refractivity contribution is 9.10. The number of benzene rings is 1. The quantitative estimate of drug-likeness (QED) is 0.900. The highest BCUT2D eigenvalue weighted by Gasteiger charge is 2.20. The summed E-state index contributed by atoms with van der Waals surface area (Å²) in [6, 6.07) is 5.54. The Balaban J connectivity index is 2.80. The molecule has 1 aromatic rings. The second kappa shape index (κ2) is 5.72. The molecular formula is C13H19BrO3S. The van der Waals surface area contributed by atoms with Crippen molar-refractivity contribution in [3.05, 3.63) is 33.8 Å². The number of rotatable bonds is 5. The number of hydrogen-bond acceptors (Lipinski definition) is 3. The highest BCUT2D eigenvalue weighted by Crippen LogP contribution is 2.22. The van der Waals surface area contributed by atoms with Crippen LogP contribution in [0.1, 0.15) is 31.4 Å². The maximum Gasteiger partial charge on any atom is 0.154 e. The molecule has 0 saturated heterocycles. The third kappa shape index (κ3) is 5.08. The van der Waals surface area contributed by atoms with Gasteiger partial charge in [0.2, 0.25) is 0 Å². The van der Waals surface area contributed by atoms with Crippen molar-refractivity contribution in [1.82, 2.24) is 0 Å². The van der Waals surface area contributed by atoms with Gasteiger partial charge in [-0.1, -0.05) is 28.1 Å². The summed E-state index contributed by atoms with van der Waals surface area (Å²) in [5, 5.41) is 9.57. The average Bonchev–Trinajstić information content (AvgIpc) is 2.21. The van der Waals surface area contributed by atoms with E-state index < -0.39 is 15.4 Å². The summed E-state index contributed by atoms with van der Waals surface area (Å²) in [4.78, 5) is 0. The van der Waals surface area contributed by atoms with Crippen LogP contribution in [0.3, 0.4) is 0 Å². The lowest BCUT2D eigenvalue weighted by atomic mass is 10.1. The van der Waals surface area contributed by atoms with E-state index in [2.05, 4.69) is 15.9 Å². The molecule has 5 heteroatoms. The molecule has 0 radical (unpaired) electrons. The third-order valence-corrected chi connectivity index (χ3v) is 5.22. The third-order valence-electron chi connectivity index (χ3n) is 2.78. The van der Waals surface area contributed by atoms with E-state index in [0.29, 0.717) is 0 Å². The summed E-state index contributed by atoms with van der Waals surface area (Å²) in [6.45, 7) is 5.13. The summed E-state index contributed by atoms with van der Waals surface area (Å²) in [5.74, 6) is 0.0246. The number of aliphatic hydroxyl groups is 1. The van der Waals surface area contributed by atoms with Crippen LogP contribution in [-0.2, 0) is 15.6 Å². The van der Waals surface area contributed by atoms with Crippen LogP contribution in [0.4, 0.5) is 0 Å². The largest absolute Gasteiger partial charge is 0.390 e. The van der Waals surface area contributed by atoms with Crippen molar-refractivity contribution in [2.75, 3.05) is 5.75 Å². The van der Waals surface area contributed by atoms with E-state index in [1.807, 2.05) is 25.1 Å². The molecule has 18 heavy (non-hydrogen) atoms. The van der Waals surface area contributed by atoms with Gasteiger partial charge >= 0.3 is 0 Å². The molecule has 0 fully saturated rings. The molecule has 3 nitrogen and oxygen atoms in total. The topological polar surface area (TPSA) is 54.4 Å². The van der Waals surface area contributed by atoms with E-state index in [1.165, 1.54) is 0 Å². The molecule has 0 amide bonds. The van der Waals surface area contributed by atoms with Gasteiger partial charge in [-0.15, -0.1) is 0 Å². The Labute approximate surface area is 117 Å². The smallest absolute Gasteiger partial charge is 0.154 e. The number of halogens is 1. The van der Waals surface area contributed by atoms with Crippen molar-refractivity contribution >= 4 is 25.8 Å². The summed E-state index contributed by atoms with van der Waals surface area (Å²) >= 11 is 3.39. The molecule has 0 atom stereocenters. The average molecular weight is 335 g/mol. The molecule has 1 rings (SSSR count). The maximum absolute atomic E-state index is 12.0. The maximum atomic E-state index is 12.0. The fourth-order valence-electron chi connectivity index (χ4n) is 1.52. The Morgan fingerprint density at radius 2 is 1.94 bits per heavy atom. The standard InChI is InChI=1S/C13H19BrO3S/c1-10-11(5-4-6-12(10)14)9-18(16,17)8-7-13(2,3)15/h4-6,15H,7-9H2,1-3H3. The number of sulfone groups is 1. The van der Waals surface area contributed by atoms with Gasteiger partial charge in [0.15, 0.2) is 9.84 Å². The monoisotopic (exact) mass is 334 g/mol. The molecule has 0 aliphatic heterocycles. The zero-order valence-electron chi connectivity index (χ0n) is 10.9. The molecular weight excluding hydrogens is 316 g/mol. The van der Waals surface area contributed by atoms with Crippen LogP contribution in [0, 0.1) is 6.92 Å². The molecule has 0 heterocycles. The molecule has 0 aliphatic rings. The first-order valence-electron chi connectivity index (χ1n) is 5.77. The van der Waals surface area contributed by atoms with Gasteiger partial charge < -0.3 is 5.11 Å². The van der Waals surface area contributed by atoms with Gasteiger partial charge in [-0.25, -0.2) is 8.42 Å². The zero-order valence-corrected chi connectivity index (χ0v) is 13.3. The van der Waals surface area contributed by atoms with Crippen LogP contribution in [0.2, 0.25) is 0 Å². The van der Waals surface area contributed by atoms with Gasteiger partial charge in [0, 0.05) is 4.47 Å². The molecule has 1 aromatic carbocycles. The Kier molecular flexibility index (Phi) is 4.98. The van der Waals surface area contributed by atoms with Crippen molar-refractivity contribution in [3.8, 4) is 0 Å². The lowest BCUT2D eigenvalue weighted by Gasteiger charge is -2.17. The summed E-state index contributed by atoms with van der Waals surface area (Å²) in [6.07, 6.45) is 0.252. The molecule has 102 valence electrons. The first kappa shape index (κ1) is 15.7. The second-order valence-corrected chi connectivity index (χ2v) is 8.22. The fraction of sp³-hybridized carbons (Fsp3) is 0.538. The van der Waals surface area contributed by atoms with Gasteiger partial charge in [0.25, 0.3) is 0 Å². The molecule has 0 unspecified atom stereocenters. The predicted octanol–water partition coefficient (Wildman–Crippen LogP) is 2.83.